The zero-order chi connectivity index (χ0) is 11.7. The minimum atomic E-state index is -0.222. The minimum Gasteiger partial charge on any atom is -0.310 e. The van der Waals surface area contributed by atoms with E-state index in [0.717, 1.165) is 0 Å². The third kappa shape index (κ3) is 2.20. The Morgan fingerprint density at radius 2 is 1.94 bits per heavy atom. The number of halogens is 2. The maximum atomic E-state index is 11.7. The molecular formula is C11H9Cl2NO2. The highest BCUT2D eigenvalue weighted by Gasteiger charge is 2.26. The summed E-state index contributed by atoms with van der Waals surface area (Å²) in [6, 6.07) is 4.94. The average Bonchev–Trinajstić information content (AvgIpc) is 2.22. The Morgan fingerprint density at radius 1 is 1.19 bits per heavy atom. The quantitative estimate of drug-likeness (QED) is 0.726. The van der Waals surface area contributed by atoms with Crippen LogP contribution in [0, 0.1) is 0 Å². The molecule has 1 amide bonds. The Labute approximate surface area is 103 Å². The summed E-state index contributed by atoms with van der Waals surface area (Å²) in [5.74, 6) is -0.250. The van der Waals surface area contributed by atoms with Gasteiger partial charge in [0.05, 0.1) is 17.1 Å². The first-order chi connectivity index (χ1) is 7.58. The Kier molecular flexibility index (Phi) is 3.17. The van der Waals surface area contributed by atoms with E-state index in [-0.39, 0.29) is 18.1 Å². The van der Waals surface area contributed by atoms with Crippen molar-refractivity contribution < 1.29 is 9.59 Å². The standard InChI is InChI=1S/C11H9Cl2NO2/c12-7-1-2-9(13)10(5-7)14-4-3-8(15)6-11(14)16/h1-2,5H,3-4,6H2. The van der Waals surface area contributed by atoms with Crippen molar-refractivity contribution in [3.05, 3.63) is 28.2 Å². The lowest BCUT2D eigenvalue weighted by Crippen LogP contribution is -2.39. The van der Waals surface area contributed by atoms with E-state index in [1.54, 1.807) is 18.2 Å². The van der Waals surface area contributed by atoms with E-state index in [1.807, 2.05) is 0 Å². The summed E-state index contributed by atoms with van der Waals surface area (Å²) in [6.45, 7) is 0.373. The molecule has 0 unspecified atom stereocenters. The van der Waals surface area contributed by atoms with E-state index in [2.05, 4.69) is 0 Å². The molecule has 1 saturated heterocycles. The van der Waals surface area contributed by atoms with Crippen LogP contribution in [0.3, 0.4) is 0 Å². The number of nitrogens with zero attached hydrogens (tertiary/aromatic N) is 1. The number of anilines is 1. The molecule has 1 aliphatic rings. The van der Waals surface area contributed by atoms with Crippen LogP contribution in [-0.4, -0.2) is 18.2 Å². The topological polar surface area (TPSA) is 37.4 Å². The molecule has 16 heavy (non-hydrogen) atoms. The van der Waals surface area contributed by atoms with Crippen molar-refractivity contribution in [3.8, 4) is 0 Å². The van der Waals surface area contributed by atoms with E-state index in [4.69, 9.17) is 23.2 Å². The van der Waals surface area contributed by atoms with Gasteiger partial charge in [-0.3, -0.25) is 9.59 Å². The fourth-order valence-corrected chi connectivity index (χ4v) is 2.05. The highest BCUT2D eigenvalue weighted by molar-refractivity contribution is 6.36. The molecule has 0 bridgehead atoms. The van der Waals surface area contributed by atoms with E-state index in [0.29, 0.717) is 28.7 Å². The van der Waals surface area contributed by atoms with Crippen molar-refractivity contribution in [1.29, 1.82) is 0 Å². The molecule has 0 aliphatic carbocycles. The smallest absolute Gasteiger partial charge is 0.234 e. The summed E-state index contributed by atoms with van der Waals surface area (Å²) in [5, 5.41) is 0.983. The third-order valence-corrected chi connectivity index (χ3v) is 3.02. The lowest BCUT2D eigenvalue weighted by atomic mass is 10.1. The number of ketones is 1. The number of carbonyl (C=O) groups excluding carboxylic acids is 2. The monoisotopic (exact) mass is 257 g/mol. The molecule has 1 aromatic rings. The number of benzene rings is 1. The largest absolute Gasteiger partial charge is 0.310 e. The van der Waals surface area contributed by atoms with Gasteiger partial charge in [-0.05, 0) is 18.2 Å². The van der Waals surface area contributed by atoms with Crippen LogP contribution < -0.4 is 4.90 Å². The van der Waals surface area contributed by atoms with Gasteiger partial charge in [0, 0.05) is 18.0 Å². The van der Waals surface area contributed by atoms with Gasteiger partial charge in [0.1, 0.15) is 5.78 Å². The lowest BCUT2D eigenvalue weighted by Gasteiger charge is -2.27. The summed E-state index contributed by atoms with van der Waals surface area (Å²) in [5.41, 5.74) is 0.576. The second kappa shape index (κ2) is 4.44. The lowest BCUT2D eigenvalue weighted by molar-refractivity contribution is -0.128. The van der Waals surface area contributed by atoms with Crippen molar-refractivity contribution in [2.45, 2.75) is 12.8 Å². The highest BCUT2D eigenvalue weighted by atomic mass is 35.5. The first-order valence-corrected chi connectivity index (χ1v) is 5.60. The van der Waals surface area contributed by atoms with Crippen LogP contribution in [0.4, 0.5) is 5.69 Å². The van der Waals surface area contributed by atoms with Gasteiger partial charge in [-0.1, -0.05) is 23.2 Å². The van der Waals surface area contributed by atoms with Crippen molar-refractivity contribution in [2.24, 2.45) is 0 Å². The van der Waals surface area contributed by atoms with E-state index >= 15 is 0 Å². The number of rotatable bonds is 1. The molecule has 5 heteroatoms. The molecule has 0 spiro atoms. The second-order valence-electron chi connectivity index (χ2n) is 3.61. The molecule has 0 aromatic heterocycles. The molecule has 0 atom stereocenters. The highest BCUT2D eigenvalue weighted by Crippen LogP contribution is 2.30. The normalized spacial score (nSPS) is 16.8. The maximum absolute atomic E-state index is 11.7. The fourth-order valence-electron chi connectivity index (χ4n) is 1.66. The van der Waals surface area contributed by atoms with Gasteiger partial charge in [0.15, 0.2) is 0 Å². The molecule has 1 fully saturated rings. The number of hydrogen-bond acceptors (Lipinski definition) is 2. The number of piperidine rings is 1. The summed E-state index contributed by atoms with van der Waals surface area (Å²) in [6.07, 6.45) is 0.317. The van der Waals surface area contributed by atoms with E-state index in [1.165, 1.54) is 4.90 Å². The summed E-state index contributed by atoms with van der Waals surface area (Å²) >= 11 is 11.8. The van der Waals surface area contributed by atoms with E-state index < -0.39 is 0 Å². The van der Waals surface area contributed by atoms with Gasteiger partial charge < -0.3 is 4.90 Å². The first kappa shape index (κ1) is 11.4. The zero-order valence-electron chi connectivity index (χ0n) is 8.37. The molecule has 2 rings (SSSR count). The van der Waals surface area contributed by atoms with Crippen molar-refractivity contribution in [3.63, 3.8) is 0 Å². The van der Waals surface area contributed by atoms with Gasteiger partial charge in [0.2, 0.25) is 5.91 Å². The number of Topliss-reactive ketones (excluding diaryl/α,β-unsaturated/α-hetero) is 1. The summed E-state index contributed by atoms with van der Waals surface area (Å²) < 4.78 is 0. The van der Waals surface area contributed by atoms with E-state index in [9.17, 15) is 9.59 Å². The second-order valence-corrected chi connectivity index (χ2v) is 4.45. The van der Waals surface area contributed by atoms with Crippen LogP contribution in [0.2, 0.25) is 10.0 Å². The summed E-state index contributed by atoms with van der Waals surface area (Å²) in [7, 11) is 0. The van der Waals surface area contributed by atoms with Crippen LogP contribution >= 0.6 is 23.2 Å². The van der Waals surface area contributed by atoms with Gasteiger partial charge in [-0.2, -0.15) is 0 Å². The Morgan fingerprint density at radius 3 is 2.62 bits per heavy atom. The summed E-state index contributed by atoms with van der Waals surface area (Å²) in [4.78, 5) is 24.3. The molecule has 3 nitrogen and oxygen atoms in total. The Hall–Kier alpha value is -1.06. The van der Waals surface area contributed by atoms with Crippen molar-refractivity contribution >= 4 is 40.6 Å². The van der Waals surface area contributed by atoms with Crippen molar-refractivity contribution in [2.75, 3.05) is 11.4 Å². The van der Waals surface area contributed by atoms with Gasteiger partial charge in [-0.25, -0.2) is 0 Å². The van der Waals surface area contributed by atoms with Gasteiger partial charge in [0.25, 0.3) is 0 Å². The van der Waals surface area contributed by atoms with Gasteiger partial charge >= 0.3 is 0 Å². The molecule has 0 saturated carbocycles. The average molecular weight is 258 g/mol. The zero-order valence-corrected chi connectivity index (χ0v) is 9.88. The Balaban J connectivity index is 2.33. The maximum Gasteiger partial charge on any atom is 0.234 e. The molecule has 1 aliphatic heterocycles. The molecule has 84 valence electrons. The number of hydrogen-bond donors (Lipinski definition) is 0. The van der Waals surface area contributed by atoms with Crippen LogP contribution in [0.15, 0.2) is 18.2 Å². The molecule has 1 aromatic carbocycles. The molecule has 0 N–H and O–H groups in total. The molecule has 1 heterocycles. The van der Waals surface area contributed by atoms with Gasteiger partial charge in [-0.15, -0.1) is 0 Å². The Bertz CT molecular complexity index is 459. The SMILES string of the molecule is O=C1CCN(c2cc(Cl)ccc2Cl)C(=O)C1. The molecular weight excluding hydrogens is 249 g/mol. The molecule has 0 radical (unpaired) electrons. The number of amides is 1. The first-order valence-electron chi connectivity index (χ1n) is 4.85. The van der Waals surface area contributed by atoms with Crippen LogP contribution in [0.1, 0.15) is 12.8 Å². The third-order valence-electron chi connectivity index (χ3n) is 2.46. The predicted octanol–water partition coefficient (Wildman–Crippen LogP) is 2.69. The van der Waals surface area contributed by atoms with Crippen molar-refractivity contribution in [1.82, 2.24) is 0 Å². The minimum absolute atomic E-state index is 0.0283. The number of carbonyl (C=O) groups is 2. The fraction of sp³-hybridized carbons (Fsp3) is 0.273. The van der Waals surface area contributed by atoms with Crippen LogP contribution in [0.5, 0.6) is 0 Å². The predicted molar refractivity (Wildman–Crippen MR) is 63.1 cm³/mol. The van der Waals surface area contributed by atoms with Crippen LogP contribution in [0.25, 0.3) is 0 Å². The van der Waals surface area contributed by atoms with Crippen LogP contribution in [-0.2, 0) is 9.59 Å².